The van der Waals surface area contributed by atoms with Gasteiger partial charge in [0.1, 0.15) is 23.4 Å². The maximum absolute atomic E-state index is 12.7. The van der Waals surface area contributed by atoms with E-state index in [2.05, 4.69) is 43.9 Å². The lowest BCUT2D eigenvalue weighted by Crippen LogP contribution is -2.38. The lowest BCUT2D eigenvalue weighted by molar-refractivity contribution is 0.0925. The molecule has 10 heteroatoms. The van der Waals surface area contributed by atoms with E-state index in [9.17, 15) is 4.79 Å². The number of aromatic nitrogens is 6. The van der Waals surface area contributed by atoms with E-state index in [1.165, 1.54) is 17.7 Å². The molecule has 1 aliphatic rings. The number of H-pyrrole nitrogens is 1. The maximum atomic E-state index is 12.7. The van der Waals surface area contributed by atoms with Gasteiger partial charge in [0.2, 0.25) is 0 Å². The van der Waals surface area contributed by atoms with E-state index >= 15 is 0 Å². The number of nitrogens with zero attached hydrogens (tertiary/aromatic N) is 5. The summed E-state index contributed by atoms with van der Waals surface area (Å²) in [7, 11) is 0. The molecule has 0 aromatic carbocycles. The van der Waals surface area contributed by atoms with Crippen LogP contribution in [-0.4, -0.2) is 41.7 Å². The highest BCUT2D eigenvalue weighted by atomic mass is 35.5. The van der Waals surface area contributed by atoms with Crippen LogP contribution < -0.4 is 5.32 Å². The van der Waals surface area contributed by atoms with Crippen molar-refractivity contribution in [2.45, 2.75) is 58.0 Å². The van der Waals surface area contributed by atoms with E-state index in [1.807, 2.05) is 12.3 Å². The van der Waals surface area contributed by atoms with Crippen LogP contribution in [0.5, 0.6) is 0 Å². The lowest BCUT2D eigenvalue weighted by atomic mass is 9.90. The van der Waals surface area contributed by atoms with Crippen LogP contribution in [0.4, 0.5) is 0 Å². The third kappa shape index (κ3) is 4.65. The van der Waals surface area contributed by atoms with Crippen molar-refractivity contribution in [1.82, 2.24) is 35.0 Å². The molecule has 1 amide bonds. The second kappa shape index (κ2) is 9.23. The molecule has 5 rings (SSSR count). The third-order valence-corrected chi connectivity index (χ3v) is 7.27. The number of fused-ring (bicyclic) bond motifs is 1. The zero-order valence-electron chi connectivity index (χ0n) is 18.6. The van der Waals surface area contributed by atoms with Gasteiger partial charge >= 0.3 is 0 Å². The highest BCUT2D eigenvalue weighted by molar-refractivity contribution is 7.18. The first-order chi connectivity index (χ1) is 16.0. The Hall–Kier alpha value is -2.78. The molecule has 33 heavy (non-hydrogen) atoms. The number of carbonyl (C=O) groups is 1. The summed E-state index contributed by atoms with van der Waals surface area (Å²) in [6, 6.07) is 5.95. The van der Waals surface area contributed by atoms with Gasteiger partial charge in [-0.15, -0.1) is 11.3 Å². The number of rotatable bonds is 6. The molecule has 0 spiro atoms. The van der Waals surface area contributed by atoms with Gasteiger partial charge < -0.3 is 9.88 Å². The van der Waals surface area contributed by atoms with Gasteiger partial charge in [0, 0.05) is 18.5 Å². The summed E-state index contributed by atoms with van der Waals surface area (Å²) in [5, 5.41) is 10.1. The highest BCUT2D eigenvalue weighted by Gasteiger charge is 2.28. The quantitative estimate of drug-likeness (QED) is 0.400. The molecule has 2 N–H and O–H groups in total. The average molecular weight is 484 g/mol. The van der Waals surface area contributed by atoms with Crippen molar-refractivity contribution in [2.75, 3.05) is 0 Å². The van der Waals surface area contributed by atoms with Crippen LogP contribution in [0.1, 0.15) is 61.1 Å². The van der Waals surface area contributed by atoms with Crippen LogP contribution in [0.2, 0.25) is 4.34 Å². The number of carbonyl (C=O) groups excluding carboxylic acids is 1. The number of nitrogens with one attached hydrogen (secondary N) is 2. The fourth-order valence-corrected chi connectivity index (χ4v) is 5.59. The van der Waals surface area contributed by atoms with Crippen molar-refractivity contribution in [3.63, 3.8) is 0 Å². The van der Waals surface area contributed by atoms with E-state index < -0.39 is 0 Å². The van der Waals surface area contributed by atoms with Crippen LogP contribution in [0, 0.1) is 5.92 Å². The van der Waals surface area contributed by atoms with Gasteiger partial charge in [0.25, 0.3) is 5.91 Å². The van der Waals surface area contributed by atoms with Crippen LogP contribution in [0.25, 0.3) is 22.6 Å². The molecule has 172 valence electrons. The number of halogens is 1. The Kier molecular flexibility index (Phi) is 6.16. The Labute approximate surface area is 200 Å². The summed E-state index contributed by atoms with van der Waals surface area (Å²) in [5.74, 6) is 2.13. The third-order valence-electron chi connectivity index (χ3n) is 6.04. The Morgan fingerprint density at radius 1 is 1.33 bits per heavy atom. The first-order valence-electron chi connectivity index (χ1n) is 11.3. The van der Waals surface area contributed by atoms with Crippen molar-refractivity contribution >= 4 is 39.9 Å². The van der Waals surface area contributed by atoms with E-state index in [4.69, 9.17) is 16.6 Å². The second-order valence-corrected chi connectivity index (χ2v) is 10.7. The zero-order chi connectivity index (χ0) is 22.9. The van der Waals surface area contributed by atoms with Gasteiger partial charge in [-0.1, -0.05) is 25.4 Å². The normalized spacial score (nSPS) is 18.8. The predicted molar refractivity (Wildman–Crippen MR) is 130 cm³/mol. The largest absolute Gasteiger partial charge is 0.349 e. The highest BCUT2D eigenvalue weighted by Crippen LogP contribution is 2.34. The maximum Gasteiger partial charge on any atom is 0.261 e. The Balaban J connectivity index is 1.46. The molecule has 4 aromatic rings. The molecule has 1 unspecified atom stereocenters. The van der Waals surface area contributed by atoms with Gasteiger partial charge in [-0.25, -0.2) is 9.97 Å². The number of amides is 1. The number of pyridine rings is 1. The van der Waals surface area contributed by atoms with Crippen molar-refractivity contribution in [2.24, 2.45) is 5.92 Å². The van der Waals surface area contributed by atoms with Crippen LogP contribution in [0.15, 0.2) is 30.7 Å². The average Bonchev–Trinajstić information content (AvgIpc) is 3.52. The summed E-state index contributed by atoms with van der Waals surface area (Å²) in [6.07, 6.45) is 8.11. The Bertz CT molecular complexity index is 1260. The van der Waals surface area contributed by atoms with Gasteiger partial charge in [0.15, 0.2) is 5.82 Å². The fraction of sp³-hybridized carbons (Fsp3) is 0.435. The van der Waals surface area contributed by atoms with Crippen LogP contribution in [0.3, 0.4) is 0 Å². The topological polar surface area (TPSA) is 101 Å². The number of thiophene rings is 1. The lowest BCUT2D eigenvalue weighted by Gasteiger charge is -2.32. The Morgan fingerprint density at radius 3 is 2.94 bits per heavy atom. The van der Waals surface area contributed by atoms with Gasteiger partial charge in [-0.05, 0) is 49.8 Å². The van der Waals surface area contributed by atoms with Crippen LogP contribution in [-0.2, 0) is 6.42 Å². The summed E-state index contributed by atoms with van der Waals surface area (Å²) in [6.45, 7) is 4.41. The zero-order valence-corrected chi connectivity index (χ0v) is 20.2. The summed E-state index contributed by atoms with van der Waals surface area (Å²) < 4.78 is 3.00. The summed E-state index contributed by atoms with van der Waals surface area (Å²) in [4.78, 5) is 27.1. The predicted octanol–water partition coefficient (Wildman–Crippen LogP) is 5.04. The molecular formula is C23H26ClN7OS. The smallest absolute Gasteiger partial charge is 0.261 e. The van der Waals surface area contributed by atoms with Gasteiger partial charge in [-0.2, -0.15) is 5.10 Å². The minimum atomic E-state index is -0.0488. The minimum Gasteiger partial charge on any atom is -0.349 e. The van der Waals surface area contributed by atoms with Crippen molar-refractivity contribution < 1.29 is 4.79 Å². The molecular weight excluding hydrogens is 458 g/mol. The molecule has 1 aliphatic carbocycles. The standard InChI is InChI=1S/C23H26ClN7OS/c1-13(2)8-21-29-17-11-25-16(22-26-12-27-30-22)10-18(17)31(21)15-5-3-4-14(9-15)28-23(32)19-6-7-20(24)33-19/h6-7,10-15H,3-5,8-9H2,1-2H3,(H,28,32)(H,26,27,30)/t14?,15-/m1/s1. The van der Waals surface area contributed by atoms with Crippen molar-refractivity contribution in [1.29, 1.82) is 0 Å². The van der Waals surface area contributed by atoms with Crippen LogP contribution >= 0.6 is 22.9 Å². The van der Waals surface area contributed by atoms with E-state index in [-0.39, 0.29) is 18.0 Å². The first kappa shape index (κ1) is 22.0. The molecule has 1 fully saturated rings. The molecule has 8 nitrogen and oxygen atoms in total. The molecule has 4 aromatic heterocycles. The minimum absolute atomic E-state index is 0.0488. The van der Waals surface area contributed by atoms with E-state index in [0.29, 0.717) is 21.0 Å². The molecule has 0 saturated heterocycles. The molecule has 1 saturated carbocycles. The van der Waals surface area contributed by atoms with Crippen molar-refractivity contribution in [3.05, 3.63) is 45.8 Å². The van der Waals surface area contributed by atoms with Crippen molar-refractivity contribution in [3.8, 4) is 11.5 Å². The Morgan fingerprint density at radius 2 is 2.21 bits per heavy atom. The number of hydrogen-bond acceptors (Lipinski definition) is 6. The molecule has 2 atom stereocenters. The molecule has 4 heterocycles. The fourth-order valence-electron chi connectivity index (χ4n) is 4.65. The number of hydrogen-bond donors (Lipinski definition) is 2. The molecule has 0 aliphatic heterocycles. The monoisotopic (exact) mass is 483 g/mol. The first-order valence-corrected chi connectivity index (χ1v) is 12.5. The second-order valence-electron chi connectivity index (χ2n) is 8.98. The summed E-state index contributed by atoms with van der Waals surface area (Å²) in [5.41, 5.74) is 2.68. The molecule has 0 radical (unpaired) electrons. The summed E-state index contributed by atoms with van der Waals surface area (Å²) >= 11 is 7.33. The van der Waals surface area contributed by atoms with Gasteiger partial charge in [0.05, 0.1) is 20.9 Å². The SMILES string of the molecule is CC(C)Cc1nc2cnc(-c3ncn[nH]3)cc2n1[C@@H]1CCCC(NC(=O)c2ccc(Cl)s2)C1. The molecule has 0 bridgehead atoms. The number of imidazole rings is 1. The van der Waals surface area contributed by atoms with Gasteiger partial charge in [-0.3, -0.25) is 14.9 Å². The van der Waals surface area contributed by atoms with E-state index in [1.54, 1.807) is 12.1 Å². The van der Waals surface area contributed by atoms with E-state index in [0.717, 1.165) is 54.7 Å². The number of aromatic amines is 1.